The highest BCUT2D eigenvalue weighted by atomic mass is 79.9. The number of piperidine rings is 1. The summed E-state index contributed by atoms with van der Waals surface area (Å²) in [5.74, 6) is 3.05. The normalized spacial score (nSPS) is 17.5. The van der Waals surface area contributed by atoms with Crippen molar-refractivity contribution >= 4 is 33.8 Å². The van der Waals surface area contributed by atoms with Gasteiger partial charge in [-0.3, -0.25) is 0 Å². The van der Waals surface area contributed by atoms with Crippen molar-refractivity contribution in [1.82, 2.24) is 4.90 Å². The largest absolute Gasteiger partial charge is 0.507 e. The van der Waals surface area contributed by atoms with Gasteiger partial charge in [-0.1, -0.05) is 13.0 Å². The monoisotopic (exact) mass is 515 g/mol. The summed E-state index contributed by atoms with van der Waals surface area (Å²) in [6, 6.07) is 5.62. The molecule has 0 aromatic heterocycles. The second-order valence-corrected chi connectivity index (χ2v) is 11.3. The number of thioether (sulfide) groups is 1. The molecule has 0 atom stereocenters. The van der Waals surface area contributed by atoms with Crippen LogP contribution >= 0.6 is 27.7 Å². The number of nitrogens with zero attached hydrogens (tertiary/aromatic N) is 1. The van der Waals surface area contributed by atoms with E-state index in [1.165, 1.54) is 24.8 Å². The van der Waals surface area contributed by atoms with E-state index in [4.69, 9.17) is 9.47 Å². The van der Waals surface area contributed by atoms with E-state index in [9.17, 15) is 9.90 Å². The summed E-state index contributed by atoms with van der Waals surface area (Å²) < 4.78 is 12.0. The molecule has 7 heteroatoms. The van der Waals surface area contributed by atoms with Crippen LogP contribution in [-0.2, 0) is 15.2 Å². The van der Waals surface area contributed by atoms with Crippen LogP contribution < -0.4 is 0 Å². The number of likely N-dealkylation sites (tertiary alicyclic amines) is 1. The van der Waals surface area contributed by atoms with Crippen molar-refractivity contribution < 1.29 is 19.4 Å². The van der Waals surface area contributed by atoms with Gasteiger partial charge < -0.3 is 19.5 Å². The van der Waals surface area contributed by atoms with Crippen LogP contribution in [0.25, 0.3) is 0 Å². The molecule has 31 heavy (non-hydrogen) atoms. The van der Waals surface area contributed by atoms with E-state index in [1.807, 2.05) is 49.6 Å². The third kappa shape index (κ3) is 10.0. The van der Waals surface area contributed by atoms with E-state index in [-0.39, 0.29) is 6.09 Å². The average molecular weight is 517 g/mol. The Morgan fingerprint density at radius 1 is 1.23 bits per heavy atom. The lowest BCUT2D eigenvalue weighted by atomic mass is 9.95. The van der Waals surface area contributed by atoms with Gasteiger partial charge in [-0.15, -0.1) is 0 Å². The van der Waals surface area contributed by atoms with Gasteiger partial charge in [-0.05, 0) is 98.2 Å². The molecule has 1 aromatic carbocycles. The highest BCUT2D eigenvalue weighted by Gasteiger charge is 2.28. The van der Waals surface area contributed by atoms with Crippen molar-refractivity contribution in [1.29, 1.82) is 0 Å². The zero-order chi connectivity index (χ0) is 22.9. The van der Waals surface area contributed by atoms with E-state index in [0.717, 1.165) is 48.5 Å². The maximum Gasteiger partial charge on any atom is 0.410 e. The van der Waals surface area contributed by atoms with Crippen molar-refractivity contribution in [2.75, 3.05) is 25.4 Å². The Hall–Kier alpha value is -0.920. The first-order valence-electron chi connectivity index (χ1n) is 11.3. The number of amides is 1. The molecule has 176 valence electrons. The average Bonchev–Trinajstić information content (AvgIpc) is 2.67. The predicted octanol–water partition coefficient (Wildman–Crippen LogP) is 6.61. The number of carbonyl (C=O) groups is 1. The fraction of sp³-hybridized carbons (Fsp3) is 0.708. The van der Waals surface area contributed by atoms with Gasteiger partial charge in [0.2, 0.25) is 0 Å². The van der Waals surface area contributed by atoms with Gasteiger partial charge in [-0.2, -0.15) is 11.8 Å². The maximum atomic E-state index is 11.9. The minimum Gasteiger partial charge on any atom is -0.507 e. The molecular weight excluding hydrogens is 478 g/mol. The molecule has 2 aliphatic rings. The number of carbonyl (C=O) groups excluding carboxylic acids is 1. The minimum absolute atomic E-state index is 0.175. The second-order valence-electron chi connectivity index (χ2n) is 9.22. The van der Waals surface area contributed by atoms with Crippen LogP contribution in [0.2, 0.25) is 0 Å². The number of hydrogen-bond acceptors (Lipinski definition) is 5. The smallest absolute Gasteiger partial charge is 0.410 e. The van der Waals surface area contributed by atoms with Gasteiger partial charge in [0.15, 0.2) is 0 Å². The van der Waals surface area contributed by atoms with E-state index in [1.54, 1.807) is 6.07 Å². The molecule has 1 heterocycles. The Balaban J connectivity index is 0.000000245. The fourth-order valence-electron chi connectivity index (χ4n) is 3.28. The second kappa shape index (κ2) is 12.9. The fourth-order valence-corrected chi connectivity index (χ4v) is 4.32. The Bertz CT molecular complexity index is 683. The molecule has 0 radical (unpaired) electrons. The van der Waals surface area contributed by atoms with Crippen LogP contribution in [0, 0.1) is 5.92 Å². The highest BCUT2D eigenvalue weighted by molar-refractivity contribution is 9.10. The van der Waals surface area contributed by atoms with Crippen LogP contribution in [0.4, 0.5) is 4.79 Å². The molecular formula is C24H38BrNO4S. The molecule has 0 spiro atoms. The van der Waals surface area contributed by atoms with Crippen LogP contribution in [0.1, 0.15) is 65.4 Å². The Kier molecular flexibility index (Phi) is 11.0. The lowest BCUT2D eigenvalue weighted by Gasteiger charge is -2.34. The van der Waals surface area contributed by atoms with Crippen molar-refractivity contribution in [2.45, 2.75) is 77.3 Å². The first-order chi connectivity index (χ1) is 14.7. The number of halogens is 1. The predicted molar refractivity (Wildman–Crippen MR) is 132 cm³/mol. The Morgan fingerprint density at radius 2 is 1.90 bits per heavy atom. The lowest BCUT2D eigenvalue weighted by molar-refractivity contribution is -0.0291. The Labute approximate surface area is 200 Å². The van der Waals surface area contributed by atoms with Gasteiger partial charge >= 0.3 is 6.09 Å². The van der Waals surface area contributed by atoms with Crippen LogP contribution in [-0.4, -0.2) is 53.3 Å². The SMILES string of the molecule is CC(C)(C)OC(=O)N1CCC(COC2CCC2)CC1.CCSCc1ccc(O)c(Br)c1. The molecule has 0 unspecified atom stereocenters. The van der Waals surface area contributed by atoms with E-state index in [0.29, 0.717) is 17.8 Å². The summed E-state index contributed by atoms with van der Waals surface area (Å²) >= 11 is 5.15. The molecule has 0 bridgehead atoms. The van der Waals surface area contributed by atoms with E-state index < -0.39 is 5.60 Å². The Morgan fingerprint density at radius 3 is 2.42 bits per heavy atom. The van der Waals surface area contributed by atoms with Crippen molar-refractivity contribution in [2.24, 2.45) is 5.92 Å². The number of phenolic OH excluding ortho intramolecular Hbond substituents is 1. The standard InChI is InChI=1S/C15H27NO3.C9H11BrOS/c1-15(2,3)19-14(17)16-9-7-12(8-10-16)11-18-13-5-4-6-13;1-2-12-6-7-3-4-9(11)8(10)5-7/h12-13H,4-11H2,1-3H3;3-5,11H,2,6H2,1H3. The van der Waals surface area contributed by atoms with E-state index in [2.05, 4.69) is 22.9 Å². The summed E-state index contributed by atoms with van der Waals surface area (Å²) in [5, 5.41) is 9.22. The summed E-state index contributed by atoms with van der Waals surface area (Å²) in [5.41, 5.74) is 0.841. The highest BCUT2D eigenvalue weighted by Crippen LogP contribution is 2.26. The summed E-state index contributed by atoms with van der Waals surface area (Å²) in [4.78, 5) is 13.7. The lowest BCUT2D eigenvalue weighted by Crippen LogP contribution is -2.42. The molecule has 1 saturated heterocycles. The first-order valence-corrected chi connectivity index (χ1v) is 13.3. The van der Waals surface area contributed by atoms with Gasteiger partial charge in [0.25, 0.3) is 0 Å². The van der Waals surface area contributed by atoms with Crippen LogP contribution in [0.3, 0.4) is 0 Å². The van der Waals surface area contributed by atoms with E-state index >= 15 is 0 Å². The maximum absolute atomic E-state index is 11.9. The van der Waals surface area contributed by atoms with Crippen LogP contribution in [0.15, 0.2) is 22.7 Å². The molecule has 5 nitrogen and oxygen atoms in total. The third-order valence-electron chi connectivity index (χ3n) is 5.37. The molecule has 1 amide bonds. The van der Waals surface area contributed by atoms with Crippen LogP contribution in [0.5, 0.6) is 5.75 Å². The zero-order valence-electron chi connectivity index (χ0n) is 19.4. The summed E-state index contributed by atoms with van der Waals surface area (Å²) in [7, 11) is 0. The van der Waals surface area contributed by atoms with Crippen molar-refractivity contribution in [3.05, 3.63) is 28.2 Å². The molecule has 3 rings (SSSR count). The number of aromatic hydroxyl groups is 1. The zero-order valence-corrected chi connectivity index (χ0v) is 21.8. The number of hydrogen-bond donors (Lipinski definition) is 1. The summed E-state index contributed by atoms with van der Waals surface area (Å²) in [6.45, 7) is 10.3. The minimum atomic E-state index is -0.402. The van der Waals surface area contributed by atoms with Gasteiger partial charge in [-0.25, -0.2) is 4.79 Å². The quantitative estimate of drug-likeness (QED) is 0.461. The van der Waals surface area contributed by atoms with Crippen molar-refractivity contribution in [3.63, 3.8) is 0 Å². The van der Waals surface area contributed by atoms with Gasteiger partial charge in [0.05, 0.1) is 10.6 Å². The number of rotatable bonds is 6. The molecule has 1 N–H and O–H groups in total. The number of phenols is 1. The van der Waals surface area contributed by atoms with Gasteiger partial charge in [0.1, 0.15) is 11.4 Å². The first kappa shape index (κ1) is 26.3. The molecule has 1 aliphatic carbocycles. The number of ether oxygens (including phenoxy) is 2. The molecule has 1 aliphatic heterocycles. The topological polar surface area (TPSA) is 59.0 Å². The molecule has 1 saturated carbocycles. The molecule has 2 fully saturated rings. The summed E-state index contributed by atoms with van der Waals surface area (Å²) in [6.07, 6.45) is 6.20. The molecule has 1 aromatic rings. The van der Waals surface area contributed by atoms with Crippen molar-refractivity contribution in [3.8, 4) is 5.75 Å². The third-order valence-corrected chi connectivity index (χ3v) is 6.95. The number of benzene rings is 1. The van der Waals surface area contributed by atoms with Gasteiger partial charge in [0, 0.05) is 25.4 Å².